The molecule has 0 fully saturated rings. The van der Waals surface area contributed by atoms with Crippen LogP contribution in [0.25, 0.3) is 0 Å². The van der Waals surface area contributed by atoms with Crippen LogP contribution in [0.4, 0.5) is 23.4 Å². The van der Waals surface area contributed by atoms with Gasteiger partial charge in [0, 0.05) is 18.3 Å². The van der Waals surface area contributed by atoms with Gasteiger partial charge in [-0.15, -0.1) is 0 Å². The molecule has 0 bridgehead atoms. The molecule has 4 nitrogen and oxygen atoms in total. The van der Waals surface area contributed by atoms with Crippen molar-refractivity contribution in [2.45, 2.75) is 39.2 Å². The van der Waals surface area contributed by atoms with Gasteiger partial charge in [0.15, 0.2) is 5.82 Å². The van der Waals surface area contributed by atoms with Crippen LogP contribution in [0.3, 0.4) is 0 Å². The maximum Gasteiger partial charge on any atom is 0.330 e. The van der Waals surface area contributed by atoms with Gasteiger partial charge in [-0.1, -0.05) is 6.92 Å². The minimum absolute atomic E-state index is 0.175. The zero-order valence-corrected chi connectivity index (χ0v) is 11.5. The van der Waals surface area contributed by atoms with E-state index in [4.69, 9.17) is 0 Å². The Bertz CT molecular complexity index is 455. The lowest BCUT2D eigenvalue weighted by Crippen LogP contribution is -2.32. The first-order valence-corrected chi connectivity index (χ1v) is 6.09. The van der Waals surface area contributed by atoms with Crippen LogP contribution >= 0.6 is 0 Å². The van der Waals surface area contributed by atoms with Crippen molar-refractivity contribution in [2.75, 3.05) is 19.0 Å². The van der Waals surface area contributed by atoms with Gasteiger partial charge in [-0.2, -0.15) is 8.78 Å². The lowest BCUT2D eigenvalue weighted by Gasteiger charge is -2.15. The number of hydrogen-bond donors (Lipinski definition) is 1. The predicted octanol–water partition coefficient (Wildman–Crippen LogP) is 2.81. The first-order chi connectivity index (χ1) is 9.31. The highest BCUT2D eigenvalue weighted by Gasteiger charge is 2.41. The standard InChI is InChI=1S/C12H17F4N3O/c1-4-8-7(2)18-9(19-10(8)17-3)5-20-6-12(15,16)11(13)14/h11H,4-6H2,1-3H3,(H,17,18,19). The Balaban J connectivity index is 2.72. The molecule has 0 aliphatic carbocycles. The summed E-state index contributed by atoms with van der Waals surface area (Å²) in [7, 11) is 1.68. The highest BCUT2D eigenvalue weighted by molar-refractivity contribution is 5.45. The SMILES string of the molecule is CCc1c(C)nc(COCC(F)(F)C(F)F)nc1NC. The largest absolute Gasteiger partial charge is 0.373 e. The summed E-state index contributed by atoms with van der Waals surface area (Å²) >= 11 is 0. The lowest BCUT2D eigenvalue weighted by molar-refractivity contribution is -0.168. The first kappa shape index (κ1) is 16.6. The highest BCUT2D eigenvalue weighted by atomic mass is 19.3. The molecule has 0 amide bonds. The Morgan fingerprint density at radius 3 is 2.45 bits per heavy atom. The number of rotatable bonds is 7. The number of nitrogens with one attached hydrogen (secondary N) is 1. The third-order valence-corrected chi connectivity index (χ3v) is 2.70. The molecule has 114 valence electrons. The molecule has 1 N–H and O–H groups in total. The van der Waals surface area contributed by atoms with Gasteiger partial charge in [-0.05, 0) is 13.3 Å². The number of ether oxygens (including phenoxy) is 1. The molecule has 0 radical (unpaired) electrons. The minimum Gasteiger partial charge on any atom is -0.373 e. The minimum atomic E-state index is -4.16. The van der Waals surface area contributed by atoms with Gasteiger partial charge in [-0.3, -0.25) is 0 Å². The molecular formula is C12H17F4N3O. The van der Waals surface area contributed by atoms with Crippen molar-refractivity contribution in [3.8, 4) is 0 Å². The fourth-order valence-electron chi connectivity index (χ4n) is 1.69. The lowest BCUT2D eigenvalue weighted by atomic mass is 10.1. The Morgan fingerprint density at radius 2 is 1.95 bits per heavy atom. The normalized spacial score (nSPS) is 12.0. The van der Waals surface area contributed by atoms with Crippen LogP contribution in [0, 0.1) is 6.92 Å². The number of hydrogen-bond acceptors (Lipinski definition) is 4. The number of anilines is 1. The maximum atomic E-state index is 12.7. The van der Waals surface area contributed by atoms with Gasteiger partial charge in [0.2, 0.25) is 0 Å². The number of alkyl halides is 4. The average molecular weight is 295 g/mol. The van der Waals surface area contributed by atoms with Crippen molar-refractivity contribution in [1.82, 2.24) is 9.97 Å². The van der Waals surface area contributed by atoms with Crippen LogP contribution in [0.15, 0.2) is 0 Å². The molecular weight excluding hydrogens is 278 g/mol. The molecule has 1 heterocycles. The summed E-state index contributed by atoms with van der Waals surface area (Å²) in [4.78, 5) is 8.22. The molecule has 1 aromatic heterocycles. The van der Waals surface area contributed by atoms with Gasteiger partial charge in [-0.25, -0.2) is 18.7 Å². The van der Waals surface area contributed by atoms with E-state index in [1.807, 2.05) is 6.92 Å². The van der Waals surface area contributed by atoms with Crippen molar-refractivity contribution < 1.29 is 22.3 Å². The number of aromatic nitrogens is 2. The fourth-order valence-corrected chi connectivity index (χ4v) is 1.69. The molecule has 20 heavy (non-hydrogen) atoms. The molecule has 1 rings (SSSR count). The van der Waals surface area contributed by atoms with E-state index in [2.05, 4.69) is 20.0 Å². The average Bonchev–Trinajstić information content (AvgIpc) is 2.37. The molecule has 8 heteroatoms. The van der Waals surface area contributed by atoms with Crippen LogP contribution in [0.1, 0.15) is 24.0 Å². The smallest absolute Gasteiger partial charge is 0.330 e. The summed E-state index contributed by atoms with van der Waals surface area (Å²) in [6.45, 7) is 1.99. The molecule has 0 aromatic carbocycles. The zero-order chi connectivity index (χ0) is 15.3. The van der Waals surface area contributed by atoms with Gasteiger partial charge in [0.1, 0.15) is 19.0 Å². The van der Waals surface area contributed by atoms with Gasteiger partial charge < -0.3 is 10.1 Å². The van der Waals surface area contributed by atoms with Gasteiger partial charge in [0.05, 0.1) is 0 Å². The maximum absolute atomic E-state index is 12.7. The quantitative estimate of drug-likeness (QED) is 0.786. The van der Waals surface area contributed by atoms with Crippen molar-refractivity contribution in [1.29, 1.82) is 0 Å². The molecule has 0 spiro atoms. The Kier molecular flexibility index (Phi) is 5.67. The van der Waals surface area contributed by atoms with Crippen molar-refractivity contribution in [2.24, 2.45) is 0 Å². The molecule has 0 saturated heterocycles. The summed E-state index contributed by atoms with van der Waals surface area (Å²) in [5.74, 6) is -3.40. The zero-order valence-electron chi connectivity index (χ0n) is 11.5. The Morgan fingerprint density at radius 1 is 1.30 bits per heavy atom. The topological polar surface area (TPSA) is 47.0 Å². The van der Waals surface area contributed by atoms with Crippen LogP contribution in [0.5, 0.6) is 0 Å². The van der Waals surface area contributed by atoms with Crippen molar-refractivity contribution in [3.05, 3.63) is 17.1 Å². The number of nitrogens with zero attached hydrogens (tertiary/aromatic N) is 2. The monoisotopic (exact) mass is 295 g/mol. The van der Waals surface area contributed by atoms with Crippen molar-refractivity contribution in [3.63, 3.8) is 0 Å². The van der Waals surface area contributed by atoms with E-state index in [-0.39, 0.29) is 12.4 Å². The third kappa shape index (κ3) is 4.03. The number of aryl methyl sites for hydroxylation is 1. The molecule has 1 aromatic rings. The second-order valence-corrected chi connectivity index (χ2v) is 4.21. The predicted molar refractivity (Wildman–Crippen MR) is 66.3 cm³/mol. The Hall–Kier alpha value is -1.44. The first-order valence-electron chi connectivity index (χ1n) is 6.09. The molecule has 0 aliphatic heterocycles. The van der Waals surface area contributed by atoms with Gasteiger partial charge in [0.25, 0.3) is 0 Å². The second-order valence-electron chi connectivity index (χ2n) is 4.21. The fraction of sp³-hybridized carbons (Fsp3) is 0.667. The van der Waals surface area contributed by atoms with E-state index < -0.39 is 19.0 Å². The van der Waals surface area contributed by atoms with Crippen LogP contribution < -0.4 is 5.32 Å². The van der Waals surface area contributed by atoms with Crippen LogP contribution in [-0.2, 0) is 17.8 Å². The summed E-state index contributed by atoms with van der Waals surface area (Å²) in [6, 6.07) is 0. The van der Waals surface area contributed by atoms with Gasteiger partial charge >= 0.3 is 12.3 Å². The van der Waals surface area contributed by atoms with Crippen LogP contribution in [-0.4, -0.2) is 36.0 Å². The van der Waals surface area contributed by atoms with E-state index in [0.717, 1.165) is 5.56 Å². The second kappa shape index (κ2) is 6.83. The van der Waals surface area contributed by atoms with Crippen LogP contribution in [0.2, 0.25) is 0 Å². The molecule has 0 aliphatic rings. The summed E-state index contributed by atoms with van der Waals surface area (Å²) in [5, 5.41) is 2.88. The van der Waals surface area contributed by atoms with Crippen molar-refractivity contribution >= 4 is 5.82 Å². The number of halogens is 4. The molecule has 0 unspecified atom stereocenters. The molecule has 0 saturated carbocycles. The highest BCUT2D eigenvalue weighted by Crippen LogP contribution is 2.23. The Labute approximate surface area is 114 Å². The third-order valence-electron chi connectivity index (χ3n) is 2.70. The van der Waals surface area contributed by atoms with E-state index in [0.29, 0.717) is 17.9 Å². The molecule has 0 atom stereocenters. The van der Waals surface area contributed by atoms with E-state index >= 15 is 0 Å². The van der Waals surface area contributed by atoms with E-state index in [1.165, 1.54) is 0 Å². The summed E-state index contributed by atoms with van der Waals surface area (Å²) < 4.78 is 53.8. The summed E-state index contributed by atoms with van der Waals surface area (Å²) in [6.07, 6.45) is -3.03. The van der Waals surface area contributed by atoms with E-state index in [9.17, 15) is 17.6 Å². The summed E-state index contributed by atoms with van der Waals surface area (Å²) in [5.41, 5.74) is 1.61. The van der Waals surface area contributed by atoms with E-state index in [1.54, 1.807) is 14.0 Å².